The van der Waals surface area contributed by atoms with E-state index in [1.54, 1.807) is 31.8 Å². The number of hydrogen-bond acceptors (Lipinski definition) is 8. The number of methoxy groups -OCH3 is 2. The van der Waals surface area contributed by atoms with Gasteiger partial charge in [-0.2, -0.15) is 5.10 Å². The fourth-order valence-corrected chi connectivity index (χ4v) is 5.22. The Kier molecular flexibility index (Phi) is 5.38. The molecule has 0 N–H and O–H groups in total. The fourth-order valence-electron chi connectivity index (χ4n) is 4.10. The van der Waals surface area contributed by atoms with Gasteiger partial charge in [-0.25, -0.2) is 9.97 Å². The number of para-hydroxylation sites is 1. The molecule has 1 unspecified atom stereocenters. The Morgan fingerprint density at radius 1 is 0.968 bits per heavy atom. The van der Waals surface area contributed by atoms with E-state index >= 15 is 0 Å². The molecule has 2 aromatic heterocycles. The minimum atomic E-state index is 0.141. The largest absolute Gasteiger partial charge is 0.496 e. The summed E-state index contributed by atoms with van der Waals surface area (Å²) in [4.78, 5) is 12.0. The zero-order valence-electron chi connectivity index (χ0n) is 17.5. The van der Waals surface area contributed by atoms with Gasteiger partial charge in [0, 0.05) is 6.54 Å². The normalized spacial score (nSPS) is 16.5. The lowest BCUT2D eigenvalue weighted by molar-refractivity contribution is 0.397. The second-order valence-electron chi connectivity index (χ2n) is 7.40. The minimum absolute atomic E-state index is 0.141. The highest BCUT2D eigenvalue weighted by molar-refractivity contribution is 7.18. The number of piperidine rings is 1. The number of nitrogens with zero attached hydrogens (tertiary/aromatic N) is 5. The number of rotatable bonds is 5. The van der Waals surface area contributed by atoms with Gasteiger partial charge in [0.25, 0.3) is 0 Å². The van der Waals surface area contributed by atoms with Crippen LogP contribution in [0.15, 0.2) is 48.7 Å². The SMILES string of the molecule is COc1cccc(OC)c1-c1cnnc(N2CCCCC2c2nc3ccccc3s2)n1. The number of thiazole rings is 1. The highest BCUT2D eigenvalue weighted by Gasteiger charge is 2.29. The second kappa shape index (κ2) is 8.47. The van der Waals surface area contributed by atoms with Gasteiger partial charge in [-0.05, 0) is 43.5 Å². The molecule has 158 valence electrons. The zero-order chi connectivity index (χ0) is 21.2. The third kappa shape index (κ3) is 3.67. The van der Waals surface area contributed by atoms with Crippen molar-refractivity contribution >= 4 is 27.5 Å². The highest BCUT2D eigenvalue weighted by Crippen LogP contribution is 2.40. The first-order chi connectivity index (χ1) is 15.3. The quantitative estimate of drug-likeness (QED) is 0.443. The van der Waals surface area contributed by atoms with Gasteiger partial charge in [0.2, 0.25) is 5.95 Å². The summed E-state index contributed by atoms with van der Waals surface area (Å²) in [5.74, 6) is 1.98. The van der Waals surface area contributed by atoms with Gasteiger partial charge in [-0.3, -0.25) is 0 Å². The standard InChI is InChI=1S/C23H23N5O2S/c1-29-18-10-7-11-19(30-2)21(18)16-14-24-27-23(26-16)28-13-6-5-9-17(28)22-25-15-8-3-4-12-20(15)31-22/h3-4,7-8,10-12,14,17H,5-6,9,13H2,1-2H3. The molecule has 1 aliphatic heterocycles. The van der Waals surface area contributed by atoms with Crippen LogP contribution in [0.3, 0.4) is 0 Å². The van der Waals surface area contributed by atoms with Crippen LogP contribution in [0.25, 0.3) is 21.5 Å². The van der Waals surface area contributed by atoms with E-state index in [9.17, 15) is 0 Å². The molecule has 5 rings (SSSR count). The average Bonchev–Trinajstić information content (AvgIpc) is 3.28. The van der Waals surface area contributed by atoms with E-state index in [-0.39, 0.29) is 6.04 Å². The van der Waals surface area contributed by atoms with E-state index in [0.717, 1.165) is 41.9 Å². The molecule has 0 bridgehead atoms. The van der Waals surface area contributed by atoms with Gasteiger partial charge in [-0.1, -0.05) is 18.2 Å². The van der Waals surface area contributed by atoms with E-state index in [1.807, 2.05) is 24.3 Å². The maximum Gasteiger partial charge on any atom is 0.246 e. The first kappa shape index (κ1) is 19.7. The predicted molar refractivity (Wildman–Crippen MR) is 122 cm³/mol. The summed E-state index contributed by atoms with van der Waals surface area (Å²) < 4.78 is 12.3. The lowest BCUT2D eigenvalue weighted by atomic mass is 10.0. The van der Waals surface area contributed by atoms with Crippen LogP contribution in [0.1, 0.15) is 30.3 Å². The van der Waals surface area contributed by atoms with Crippen LogP contribution in [0.4, 0.5) is 5.95 Å². The summed E-state index contributed by atoms with van der Waals surface area (Å²) in [5, 5.41) is 9.77. The summed E-state index contributed by atoms with van der Waals surface area (Å²) in [7, 11) is 3.28. The Morgan fingerprint density at radius 3 is 2.55 bits per heavy atom. The number of hydrogen-bond donors (Lipinski definition) is 0. The molecule has 0 amide bonds. The van der Waals surface area contributed by atoms with Crippen LogP contribution >= 0.6 is 11.3 Å². The smallest absolute Gasteiger partial charge is 0.246 e. The van der Waals surface area contributed by atoms with Gasteiger partial charge >= 0.3 is 0 Å². The van der Waals surface area contributed by atoms with Gasteiger partial charge < -0.3 is 14.4 Å². The highest BCUT2D eigenvalue weighted by atomic mass is 32.1. The van der Waals surface area contributed by atoms with E-state index in [2.05, 4.69) is 33.3 Å². The number of fused-ring (bicyclic) bond motifs is 1. The Balaban J connectivity index is 1.55. The molecule has 1 saturated heterocycles. The lowest BCUT2D eigenvalue weighted by Crippen LogP contribution is -2.34. The van der Waals surface area contributed by atoms with Gasteiger partial charge in [0.15, 0.2) is 0 Å². The van der Waals surface area contributed by atoms with Crippen LogP contribution in [0.2, 0.25) is 0 Å². The van der Waals surface area contributed by atoms with E-state index in [4.69, 9.17) is 19.4 Å². The van der Waals surface area contributed by atoms with Crippen molar-refractivity contribution in [3.63, 3.8) is 0 Å². The van der Waals surface area contributed by atoms with Crippen molar-refractivity contribution in [1.82, 2.24) is 20.2 Å². The fraction of sp³-hybridized carbons (Fsp3) is 0.304. The molecule has 0 spiro atoms. The number of ether oxygens (including phenoxy) is 2. The van der Waals surface area contributed by atoms with Gasteiger partial charge in [0.05, 0.1) is 42.2 Å². The molecular formula is C23H23N5O2S. The first-order valence-electron chi connectivity index (χ1n) is 10.3. The molecule has 1 atom stereocenters. The van der Waals surface area contributed by atoms with Crippen LogP contribution in [-0.4, -0.2) is 40.9 Å². The molecule has 8 heteroatoms. The third-order valence-electron chi connectivity index (χ3n) is 5.59. The molecule has 2 aromatic carbocycles. The predicted octanol–water partition coefficient (Wildman–Crippen LogP) is 4.90. The molecule has 4 aromatic rings. The minimum Gasteiger partial charge on any atom is -0.496 e. The topological polar surface area (TPSA) is 73.3 Å². The molecule has 31 heavy (non-hydrogen) atoms. The van der Waals surface area contributed by atoms with Crippen molar-refractivity contribution in [3.05, 3.63) is 53.7 Å². The van der Waals surface area contributed by atoms with Crippen molar-refractivity contribution < 1.29 is 9.47 Å². The first-order valence-corrected chi connectivity index (χ1v) is 11.1. The molecule has 0 radical (unpaired) electrons. The number of benzene rings is 2. The molecule has 1 aliphatic rings. The third-order valence-corrected chi connectivity index (χ3v) is 6.72. The Labute approximate surface area is 184 Å². The van der Waals surface area contributed by atoms with Crippen LogP contribution < -0.4 is 14.4 Å². The van der Waals surface area contributed by atoms with Gasteiger partial charge in [0.1, 0.15) is 22.2 Å². The summed E-state index contributed by atoms with van der Waals surface area (Å²) in [5.41, 5.74) is 2.49. The average molecular weight is 434 g/mol. The zero-order valence-corrected chi connectivity index (χ0v) is 18.3. The number of aromatic nitrogens is 4. The summed E-state index contributed by atoms with van der Waals surface area (Å²) in [6.45, 7) is 0.870. The molecule has 7 nitrogen and oxygen atoms in total. The summed E-state index contributed by atoms with van der Waals surface area (Å²) >= 11 is 1.75. The van der Waals surface area contributed by atoms with Gasteiger partial charge in [-0.15, -0.1) is 16.4 Å². The van der Waals surface area contributed by atoms with E-state index in [1.165, 1.54) is 4.70 Å². The molecule has 0 aliphatic carbocycles. The Bertz CT molecular complexity index is 1160. The molecule has 1 fully saturated rings. The van der Waals surface area contributed by atoms with Crippen molar-refractivity contribution in [2.45, 2.75) is 25.3 Å². The van der Waals surface area contributed by atoms with E-state index in [0.29, 0.717) is 23.1 Å². The Hall–Kier alpha value is -3.26. The second-order valence-corrected chi connectivity index (χ2v) is 8.47. The maximum absolute atomic E-state index is 5.56. The van der Waals surface area contributed by atoms with Crippen molar-refractivity contribution in [3.8, 4) is 22.8 Å². The lowest BCUT2D eigenvalue weighted by Gasteiger charge is -2.34. The molecule has 0 saturated carbocycles. The summed E-state index contributed by atoms with van der Waals surface area (Å²) in [6, 6.07) is 14.1. The van der Waals surface area contributed by atoms with E-state index < -0.39 is 0 Å². The van der Waals surface area contributed by atoms with Crippen LogP contribution in [-0.2, 0) is 0 Å². The van der Waals surface area contributed by atoms with Crippen LogP contribution in [0, 0.1) is 0 Å². The van der Waals surface area contributed by atoms with Crippen molar-refractivity contribution in [1.29, 1.82) is 0 Å². The maximum atomic E-state index is 5.56. The van der Waals surface area contributed by atoms with Crippen LogP contribution in [0.5, 0.6) is 11.5 Å². The van der Waals surface area contributed by atoms with Crippen molar-refractivity contribution in [2.24, 2.45) is 0 Å². The summed E-state index contributed by atoms with van der Waals surface area (Å²) in [6.07, 6.45) is 4.92. The number of anilines is 1. The molecule has 3 heterocycles. The monoisotopic (exact) mass is 433 g/mol. The molecular weight excluding hydrogens is 410 g/mol. The van der Waals surface area contributed by atoms with Crippen molar-refractivity contribution in [2.75, 3.05) is 25.7 Å². The Morgan fingerprint density at radius 2 is 1.77 bits per heavy atom.